The van der Waals surface area contributed by atoms with Crippen molar-refractivity contribution >= 4 is 23.5 Å². The Bertz CT molecular complexity index is 717. The molecular formula is C23H40N4O5. The summed E-state index contributed by atoms with van der Waals surface area (Å²) in [6.07, 6.45) is 2.15. The van der Waals surface area contributed by atoms with Crippen molar-refractivity contribution in [2.24, 2.45) is 17.6 Å². The molecule has 9 nitrogen and oxygen atoms in total. The Morgan fingerprint density at radius 3 is 2.09 bits per heavy atom. The summed E-state index contributed by atoms with van der Waals surface area (Å²) in [5, 5.41) is 5.70. The number of likely N-dealkylation sites (tertiary alicyclic amines) is 1. The molecule has 0 radical (unpaired) electrons. The van der Waals surface area contributed by atoms with Gasteiger partial charge in [-0.15, -0.1) is 0 Å². The highest BCUT2D eigenvalue weighted by Gasteiger charge is 2.50. The van der Waals surface area contributed by atoms with Crippen LogP contribution in [0.1, 0.15) is 67.2 Å². The van der Waals surface area contributed by atoms with E-state index in [0.717, 1.165) is 0 Å². The van der Waals surface area contributed by atoms with Crippen molar-refractivity contribution in [3.05, 3.63) is 0 Å². The van der Waals surface area contributed by atoms with E-state index in [1.165, 1.54) is 4.90 Å². The molecule has 32 heavy (non-hydrogen) atoms. The lowest BCUT2D eigenvalue weighted by Gasteiger charge is -2.29. The minimum absolute atomic E-state index is 0.139. The number of carbonyl (C=O) groups is 4. The number of ether oxygens (including phenoxy) is 1. The monoisotopic (exact) mass is 452 g/mol. The van der Waals surface area contributed by atoms with Gasteiger partial charge in [-0.3, -0.25) is 19.2 Å². The summed E-state index contributed by atoms with van der Waals surface area (Å²) in [4.78, 5) is 53.0. The first-order valence-corrected chi connectivity index (χ1v) is 11.7. The normalized spacial score (nSPS) is 25.4. The van der Waals surface area contributed by atoms with E-state index >= 15 is 0 Å². The molecule has 3 amide bonds. The molecule has 2 aliphatic heterocycles. The number of carbonyl (C=O) groups excluding carboxylic acids is 4. The topological polar surface area (TPSA) is 134 Å². The third-order valence-corrected chi connectivity index (χ3v) is 6.01. The first kappa shape index (κ1) is 26.3. The highest BCUT2D eigenvalue weighted by Crippen LogP contribution is 2.29. The first-order valence-electron chi connectivity index (χ1n) is 11.7. The van der Waals surface area contributed by atoms with Crippen molar-refractivity contribution in [1.29, 1.82) is 0 Å². The number of ketones is 1. The maximum atomic E-state index is 13.2. The third-order valence-electron chi connectivity index (χ3n) is 6.01. The second-order valence-electron chi connectivity index (χ2n) is 10.2. The van der Waals surface area contributed by atoms with Crippen LogP contribution in [0, 0.1) is 11.8 Å². The molecule has 9 heteroatoms. The van der Waals surface area contributed by atoms with Crippen LogP contribution < -0.4 is 16.4 Å². The molecule has 182 valence electrons. The molecular weight excluding hydrogens is 412 g/mol. The highest BCUT2D eigenvalue weighted by atomic mass is 16.6. The van der Waals surface area contributed by atoms with Gasteiger partial charge >= 0.3 is 0 Å². The van der Waals surface area contributed by atoms with E-state index in [2.05, 4.69) is 10.6 Å². The van der Waals surface area contributed by atoms with Crippen LogP contribution in [0.2, 0.25) is 0 Å². The molecule has 0 aliphatic carbocycles. The maximum absolute atomic E-state index is 13.2. The van der Waals surface area contributed by atoms with Crippen molar-refractivity contribution in [2.45, 2.75) is 97.0 Å². The molecule has 0 aromatic carbocycles. The number of nitrogens with zero attached hydrogens (tertiary/aromatic N) is 1. The predicted octanol–water partition coefficient (Wildman–Crippen LogP) is 0.744. The molecule has 0 spiro atoms. The van der Waals surface area contributed by atoms with E-state index in [9.17, 15) is 19.2 Å². The highest BCUT2D eigenvalue weighted by molar-refractivity contribution is 5.98. The fourth-order valence-electron chi connectivity index (χ4n) is 4.13. The van der Waals surface area contributed by atoms with E-state index in [1.54, 1.807) is 13.8 Å². The van der Waals surface area contributed by atoms with Crippen molar-refractivity contribution in [3.8, 4) is 0 Å². The van der Waals surface area contributed by atoms with Gasteiger partial charge in [-0.05, 0) is 51.4 Å². The summed E-state index contributed by atoms with van der Waals surface area (Å²) in [5.74, 6) is -0.827. The van der Waals surface area contributed by atoms with Gasteiger partial charge in [0.15, 0.2) is 5.78 Å². The molecule has 4 N–H and O–H groups in total. The van der Waals surface area contributed by atoms with Crippen LogP contribution in [0.3, 0.4) is 0 Å². The molecule has 5 atom stereocenters. The Morgan fingerprint density at radius 1 is 1.03 bits per heavy atom. The summed E-state index contributed by atoms with van der Waals surface area (Å²) in [7, 11) is 0. The van der Waals surface area contributed by atoms with E-state index in [4.69, 9.17) is 10.5 Å². The molecule has 2 rings (SSSR count). The van der Waals surface area contributed by atoms with Gasteiger partial charge in [-0.25, -0.2) is 0 Å². The van der Waals surface area contributed by atoms with Gasteiger partial charge in [0.1, 0.15) is 17.7 Å². The second kappa shape index (κ2) is 10.7. The Morgan fingerprint density at radius 2 is 1.59 bits per heavy atom. The lowest BCUT2D eigenvalue weighted by atomic mass is 9.92. The SMILES string of the molecule is CC(C)CC(NC(=O)C1CCCN1C(=O)C(C)N)C(=O)NC(CC(C)C)C(=O)C1(C)CO1. The minimum Gasteiger partial charge on any atom is -0.361 e. The van der Waals surface area contributed by atoms with Gasteiger partial charge in [0.25, 0.3) is 0 Å². The zero-order valence-corrected chi connectivity index (χ0v) is 20.3. The molecule has 2 heterocycles. The summed E-state index contributed by atoms with van der Waals surface area (Å²) < 4.78 is 5.29. The third kappa shape index (κ3) is 6.75. The Kier molecular flexibility index (Phi) is 8.82. The van der Waals surface area contributed by atoms with Crippen molar-refractivity contribution < 1.29 is 23.9 Å². The van der Waals surface area contributed by atoms with Gasteiger partial charge in [0, 0.05) is 6.54 Å². The summed E-state index contributed by atoms with van der Waals surface area (Å²) in [6, 6.07) is -2.80. The van der Waals surface area contributed by atoms with Gasteiger partial charge in [-0.2, -0.15) is 0 Å². The minimum atomic E-state index is -0.840. The molecule has 0 aromatic rings. The number of epoxide rings is 1. The largest absolute Gasteiger partial charge is 0.361 e. The molecule has 5 unspecified atom stereocenters. The number of Topliss-reactive ketones (excluding diaryl/α,β-unsaturated/α-hetero) is 1. The van der Waals surface area contributed by atoms with Gasteiger partial charge in [0.2, 0.25) is 17.7 Å². The average Bonchev–Trinajstić information content (AvgIpc) is 3.25. The van der Waals surface area contributed by atoms with Crippen LogP contribution >= 0.6 is 0 Å². The quantitative estimate of drug-likeness (QED) is 0.396. The van der Waals surface area contributed by atoms with Crippen molar-refractivity contribution in [2.75, 3.05) is 13.2 Å². The molecule has 0 aromatic heterocycles. The maximum Gasteiger partial charge on any atom is 0.243 e. The summed E-state index contributed by atoms with van der Waals surface area (Å²) in [5.41, 5.74) is 4.89. The van der Waals surface area contributed by atoms with E-state index < -0.39 is 35.7 Å². The van der Waals surface area contributed by atoms with E-state index in [-0.39, 0.29) is 29.4 Å². The lowest BCUT2D eigenvalue weighted by molar-refractivity contribution is -0.140. The van der Waals surface area contributed by atoms with Crippen molar-refractivity contribution in [3.63, 3.8) is 0 Å². The Balaban J connectivity index is 2.12. The molecule has 0 saturated carbocycles. The first-order chi connectivity index (χ1) is 14.9. The van der Waals surface area contributed by atoms with Gasteiger partial charge in [-0.1, -0.05) is 27.7 Å². The molecule has 2 fully saturated rings. The number of hydrogen-bond acceptors (Lipinski definition) is 6. The van der Waals surface area contributed by atoms with Crippen LogP contribution in [0.5, 0.6) is 0 Å². The number of nitrogens with one attached hydrogen (secondary N) is 2. The van der Waals surface area contributed by atoms with Gasteiger partial charge < -0.3 is 26.0 Å². The summed E-state index contributed by atoms with van der Waals surface area (Å²) in [6.45, 7) is 12.1. The Labute approximate surface area is 191 Å². The van der Waals surface area contributed by atoms with Crippen LogP contribution in [-0.4, -0.2) is 71.3 Å². The standard InChI is InChI=1S/C23H40N4O5/c1-13(2)10-16(19(28)23(6)12-32-23)25-20(29)17(11-14(3)4)26-21(30)18-8-7-9-27(18)22(31)15(5)24/h13-18H,7-12,24H2,1-6H3,(H,25,29)(H,26,30). The molecule has 2 saturated heterocycles. The fraction of sp³-hybridized carbons (Fsp3) is 0.826. The molecule has 0 bridgehead atoms. The van der Waals surface area contributed by atoms with Crippen LogP contribution in [0.25, 0.3) is 0 Å². The molecule has 2 aliphatic rings. The zero-order chi connectivity index (χ0) is 24.2. The smallest absolute Gasteiger partial charge is 0.243 e. The van der Waals surface area contributed by atoms with Crippen molar-refractivity contribution in [1.82, 2.24) is 15.5 Å². The second-order valence-corrected chi connectivity index (χ2v) is 10.2. The van der Waals surface area contributed by atoms with Crippen LogP contribution in [0.15, 0.2) is 0 Å². The number of amides is 3. The zero-order valence-electron chi connectivity index (χ0n) is 20.3. The average molecular weight is 453 g/mol. The fourth-order valence-corrected chi connectivity index (χ4v) is 4.13. The van der Waals surface area contributed by atoms with Crippen LogP contribution in [-0.2, 0) is 23.9 Å². The number of nitrogens with two attached hydrogens (primary N) is 1. The van der Waals surface area contributed by atoms with E-state index in [0.29, 0.717) is 38.8 Å². The number of rotatable bonds is 11. The van der Waals surface area contributed by atoms with Gasteiger partial charge in [0.05, 0.1) is 18.7 Å². The predicted molar refractivity (Wildman–Crippen MR) is 121 cm³/mol. The summed E-state index contributed by atoms with van der Waals surface area (Å²) >= 11 is 0. The lowest BCUT2D eigenvalue weighted by Crippen LogP contribution is -2.57. The Hall–Kier alpha value is -2.00. The number of hydrogen-bond donors (Lipinski definition) is 3. The van der Waals surface area contributed by atoms with E-state index in [1.807, 2.05) is 27.7 Å². The van der Waals surface area contributed by atoms with Crippen LogP contribution in [0.4, 0.5) is 0 Å².